The van der Waals surface area contributed by atoms with Crippen molar-refractivity contribution in [2.24, 2.45) is 5.73 Å². The molecule has 0 aliphatic carbocycles. The number of aromatic nitrogens is 2. The average Bonchev–Trinajstić information content (AvgIpc) is 2.75. The molecule has 6 heteroatoms. The van der Waals surface area contributed by atoms with Crippen molar-refractivity contribution in [3.63, 3.8) is 0 Å². The third-order valence-electron chi connectivity index (χ3n) is 3.27. The van der Waals surface area contributed by atoms with Gasteiger partial charge in [0, 0.05) is 19.2 Å². The van der Waals surface area contributed by atoms with Crippen molar-refractivity contribution in [2.45, 2.75) is 12.5 Å². The summed E-state index contributed by atoms with van der Waals surface area (Å²) in [7, 11) is 0. The first kappa shape index (κ1) is 13.5. The van der Waals surface area contributed by atoms with E-state index in [1.54, 1.807) is 6.20 Å². The lowest BCUT2D eigenvalue weighted by Gasteiger charge is -2.17. The Bertz CT molecular complexity index is 600. The summed E-state index contributed by atoms with van der Waals surface area (Å²) >= 11 is 3.40. The van der Waals surface area contributed by atoms with Gasteiger partial charge in [-0.05, 0) is 33.6 Å². The number of nitrogens with zero attached hydrogens (tertiary/aromatic N) is 2. The molecule has 0 fully saturated rings. The molecule has 1 aliphatic heterocycles. The molecule has 1 aromatic heterocycles. The maximum absolute atomic E-state index is 5.90. The van der Waals surface area contributed by atoms with Crippen LogP contribution < -0.4 is 15.2 Å². The molecule has 2 aromatic rings. The van der Waals surface area contributed by atoms with E-state index in [2.05, 4.69) is 21.0 Å². The Kier molecular flexibility index (Phi) is 3.93. The van der Waals surface area contributed by atoms with Crippen LogP contribution in [0.3, 0.4) is 0 Å². The van der Waals surface area contributed by atoms with Crippen molar-refractivity contribution in [1.82, 2.24) is 9.78 Å². The Morgan fingerprint density at radius 3 is 2.80 bits per heavy atom. The highest BCUT2D eigenvalue weighted by molar-refractivity contribution is 9.10. The van der Waals surface area contributed by atoms with Gasteiger partial charge in [-0.1, -0.05) is 6.07 Å². The molecule has 1 atom stereocenters. The lowest BCUT2D eigenvalue weighted by Crippen LogP contribution is -2.20. The van der Waals surface area contributed by atoms with Crippen molar-refractivity contribution in [3.8, 4) is 11.5 Å². The molecule has 0 saturated carbocycles. The van der Waals surface area contributed by atoms with Gasteiger partial charge in [-0.2, -0.15) is 5.10 Å². The van der Waals surface area contributed by atoms with Crippen molar-refractivity contribution in [3.05, 3.63) is 40.6 Å². The van der Waals surface area contributed by atoms with E-state index >= 15 is 0 Å². The Morgan fingerprint density at radius 1 is 1.30 bits per heavy atom. The minimum absolute atomic E-state index is 0.0153. The van der Waals surface area contributed by atoms with E-state index in [0.717, 1.165) is 28.0 Å². The predicted molar refractivity (Wildman–Crippen MR) is 79.2 cm³/mol. The first-order chi connectivity index (χ1) is 9.78. The average molecular weight is 338 g/mol. The van der Waals surface area contributed by atoms with Crippen molar-refractivity contribution in [1.29, 1.82) is 0 Å². The number of rotatable bonds is 3. The van der Waals surface area contributed by atoms with Gasteiger partial charge in [-0.3, -0.25) is 4.68 Å². The van der Waals surface area contributed by atoms with Gasteiger partial charge in [-0.25, -0.2) is 0 Å². The number of fused-ring (bicyclic) bond motifs is 1. The van der Waals surface area contributed by atoms with Crippen LogP contribution in [-0.4, -0.2) is 29.5 Å². The molecule has 1 unspecified atom stereocenters. The van der Waals surface area contributed by atoms with Gasteiger partial charge in [0.05, 0.1) is 29.9 Å². The summed E-state index contributed by atoms with van der Waals surface area (Å²) < 4.78 is 14.1. The third kappa shape index (κ3) is 2.66. The van der Waals surface area contributed by atoms with Crippen molar-refractivity contribution >= 4 is 15.9 Å². The second-order valence-corrected chi connectivity index (χ2v) is 5.56. The van der Waals surface area contributed by atoms with Gasteiger partial charge in [0.2, 0.25) is 0 Å². The molecule has 0 amide bonds. The zero-order valence-corrected chi connectivity index (χ0v) is 12.5. The quantitative estimate of drug-likeness (QED) is 0.933. The van der Waals surface area contributed by atoms with Crippen LogP contribution in [0.5, 0.6) is 11.5 Å². The van der Waals surface area contributed by atoms with E-state index in [0.29, 0.717) is 19.8 Å². The Hall–Kier alpha value is -1.53. The molecule has 1 aliphatic rings. The molecule has 0 spiro atoms. The maximum atomic E-state index is 5.90. The minimum atomic E-state index is -0.0153. The summed E-state index contributed by atoms with van der Waals surface area (Å²) in [6.45, 7) is 1.84. The summed E-state index contributed by atoms with van der Waals surface area (Å²) in [5, 5.41) is 4.31. The largest absolute Gasteiger partial charge is 0.490 e. The molecule has 0 saturated heterocycles. The second-order valence-electron chi connectivity index (χ2n) is 4.65. The predicted octanol–water partition coefficient (Wildman–Crippen LogP) is 2.36. The Balaban J connectivity index is 1.94. The third-order valence-corrected chi connectivity index (χ3v) is 3.68. The zero-order valence-electron chi connectivity index (χ0n) is 11.0. The fraction of sp³-hybridized carbons (Fsp3) is 0.357. The minimum Gasteiger partial charge on any atom is -0.490 e. The summed E-state index contributed by atoms with van der Waals surface area (Å²) in [5.41, 5.74) is 6.97. The molecule has 2 N–H and O–H groups in total. The number of hydrogen-bond acceptors (Lipinski definition) is 4. The topological polar surface area (TPSA) is 62.3 Å². The number of nitrogens with two attached hydrogens (primary N) is 1. The highest BCUT2D eigenvalue weighted by Gasteiger charge is 2.17. The lowest BCUT2D eigenvalue weighted by atomic mass is 10.1. The van der Waals surface area contributed by atoms with Crippen LogP contribution in [0.25, 0.3) is 0 Å². The zero-order chi connectivity index (χ0) is 13.9. The number of ether oxygens (including phenoxy) is 2. The summed E-state index contributed by atoms with van der Waals surface area (Å²) in [6.07, 6.45) is 4.57. The second kappa shape index (κ2) is 5.85. The summed E-state index contributed by atoms with van der Waals surface area (Å²) in [5.74, 6) is 1.58. The van der Waals surface area contributed by atoms with E-state index in [1.807, 2.05) is 29.1 Å². The highest BCUT2D eigenvalue weighted by atomic mass is 79.9. The van der Waals surface area contributed by atoms with E-state index in [9.17, 15) is 0 Å². The van der Waals surface area contributed by atoms with Crippen LogP contribution in [-0.2, 0) is 0 Å². The first-order valence-corrected chi connectivity index (χ1v) is 7.36. The van der Waals surface area contributed by atoms with Gasteiger partial charge in [0.1, 0.15) is 0 Å². The van der Waals surface area contributed by atoms with E-state index < -0.39 is 0 Å². The van der Waals surface area contributed by atoms with E-state index in [1.165, 1.54) is 0 Å². The summed E-state index contributed by atoms with van der Waals surface area (Å²) in [6, 6.07) is 5.93. The highest BCUT2D eigenvalue weighted by Crippen LogP contribution is 2.33. The molecule has 20 heavy (non-hydrogen) atoms. The van der Waals surface area contributed by atoms with E-state index in [-0.39, 0.29) is 6.04 Å². The normalized spacial score (nSPS) is 15.7. The van der Waals surface area contributed by atoms with Gasteiger partial charge < -0.3 is 15.2 Å². The Morgan fingerprint density at radius 2 is 2.10 bits per heavy atom. The SMILES string of the molecule is NCC(c1ccc2c(c1)OCCCO2)n1cc(Br)cn1. The van der Waals surface area contributed by atoms with Crippen LogP contribution >= 0.6 is 15.9 Å². The van der Waals surface area contributed by atoms with Crippen LogP contribution in [0.1, 0.15) is 18.0 Å². The molecule has 3 rings (SSSR count). The number of halogens is 1. The van der Waals surface area contributed by atoms with Gasteiger partial charge in [0.15, 0.2) is 11.5 Å². The monoisotopic (exact) mass is 337 g/mol. The fourth-order valence-electron chi connectivity index (χ4n) is 2.27. The van der Waals surface area contributed by atoms with E-state index in [4.69, 9.17) is 15.2 Å². The molecule has 0 bridgehead atoms. The van der Waals surface area contributed by atoms with Crippen molar-refractivity contribution < 1.29 is 9.47 Å². The van der Waals surface area contributed by atoms with Gasteiger partial charge in [-0.15, -0.1) is 0 Å². The van der Waals surface area contributed by atoms with Crippen LogP contribution in [0, 0.1) is 0 Å². The molecule has 2 heterocycles. The summed E-state index contributed by atoms with van der Waals surface area (Å²) in [4.78, 5) is 0. The first-order valence-electron chi connectivity index (χ1n) is 6.57. The molecule has 0 radical (unpaired) electrons. The van der Waals surface area contributed by atoms with Gasteiger partial charge >= 0.3 is 0 Å². The molecule has 1 aromatic carbocycles. The molecular weight excluding hydrogens is 322 g/mol. The Labute approximate surface area is 125 Å². The smallest absolute Gasteiger partial charge is 0.161 e. The fourth-order valence-corrected chi connectivity index (χ4v) is 2.57. The maximum Gasteiger partial charge on any atom is 0.161 e. The van der Waals surface area contributed by atoms with Gasteiger partial charge in [0.25, 0.3) is 0 Å². The van der Waals surface area contributed by atoms with Crippen LogP contribution in [0.2, 0.25) is 0 Å². The molecular formula is C14H16BrN3O2. The number of hydrogen-bond donors (Lipinski definition) is 1. The van der Waals surface area contributed by atoms with Crippen LogP contribution in [0.4, 0.5) is 0 Å². The van der Waals surface area contributed by atoms with Crippen molar-refractivity contribution in [2.75, 3.05) is 19.8 Å². The molecule has 106 valence electrons. The van der Waals surface area contributed by atoms with Crippen LogP contribution in [0.15, 0.2) is 35.1 Å². The molecule has 5 nitrogen and oxygen atoms in total. The lowest BCUT2D eigenvalue weighted by molar-refractivity contribution is 0.297. The number of benzene rings is 1. The standard InChI is InChI=1S/C14H16BrN3O2/c15-11-8-17-18(9-11)12(7-16)10-2-3-13-14(6-10)20-5-1-4-19-13/h2-3,6,8-9,12H,1,4-5,7,16H2.